The Morgan fingerprint density at radius 2 is 1.81 bits per heavy atom. The van der Waals surface area contributed by atoms with Crippen molar-refractivity contribution in [1.82, 2.24) is 5.32 Å². The van der Waals surface area contributed by atoms with Gasteiger partial charge in [0.1, 0.15) is 5.75 Å². The average Bonchev–Trinajstić information content (AvgIpc) is 2.39. The van der Waals surface area contributed by atoms with E-state index in [4.69, 9.17) is 10.5 Å². The highest BCUT2D eigenvalue weighted by atomic mass is 16.5. The Kier molecular flexibility index (Phi) is 7.23. The van der Waals surface area contributed by atoms with Crippen LogP contribution >= 0.6 is 0 Å². The summed E-state index contributed by atoms with van der Waals surface area (Å²) in [5.74, 6) is 1.21. The first-order valence-electron chi connectivity index (χ1n) is 7.67. The zero-order chi connectivity index (χ0) is 15.8. The minimum atomic E-state index is -0.489. The van der Waals surface area contributed by atoms with Crippen molar-refractivity contribution in [3.05, 3.63) is 29.8 Å². The van der Waals surface area contributed by atoms with E-state index in [1.807, 2.05) is 31.2 Å². The van der Waals surface area contributed by atoms with Gasteiger partial charge in [0.2, 0.25) is 0 Å². The van der Waals surface area contributed by atoms with Crippen molar-refractivity contribution in [3.63, 3.8) is 0 Å². The molecule has 1 amide bonds. The van der Waals surface area contributed by atoms with E-state index < -0.39 is 6.10 Å². The molecule has 1 aromatic rings. The summed E-state index contributed by atoms with van der Waals surface area (Å²) in [7, 11) is 0. The Morgan fingerprint density at radius 3 is 2.33 bits per heavy atom. The van der Waals surface area contributed by atoms with Gasteiger partial charge in [-0.05, 0) is 50.3 Å². The van der Waals surface area contributed by atoms with Gasteiger partial charge in [-0.15, -0.1) is 0 Å². The van der Waals surface area contributed by atoms with Crippen molar-refractivity contribution in [3.8, 4) is 5.75 Å². The van der Waals surface area contributed by atoms with Crippen molar-refractivity contribution in [1.29, 1.82) is 0 Å². The number of rotatable bonds is 8. The van der Waals surface area contributed by atoms with E-state index in [-0.39, 0.29) is 11.9 Å². The first-order chi connectivity index (χ1) is 9.88. The number of hydrogen-bond donors (Lipinski definition) is 2. The molecule has 0 fully saturated rings. The van der Waals surface area contributed by atoms with Crippen LogP contribution in [-0.4, -0.2) is 24.6 Å². The largest absolute Gasteiger partial charge is 0.481 e. The fourth-order valence-electron chi connectivity index (χ4n) is 1.96. The second kappa shape index (κ2) is 8.67. The summed E-state index contributed by atoms with van der Waals surface area (Å²) in [6.45, 7) is 8.71. The highest BCUT2D eigenvalue weighted by molar-refractivity contribution is 5.80. The van der Waals surface area contributed by atoms with Crippen molar-refractivity contribution in [2.75, 3.05) is 6.54 Å². The van der Waals surface area contributed by atoms with Crippen LogP contribution in [0.3, 0.4) is 0 Å². The van der Waals surface area contributed by atoms with Gasteiger partial charge in [-0.2, -0.15) is 0 Å². The lowest BCUT2D eigenvalue weighted by atomic mass is 10.1. The number of benzene rings is 1. The van der Waals surface area contributed by atoms with E-state index in [1.54, 1.807) is 6.92 Å². The molecule has 21 heavy (non-hydrogen) atoms. The molecule has 118 valence electrons. The quantitative estimate of drug-likeness (QED) is 0.774. The first-order valence-corrected chi connectivity index (χ1v) is 7.67. The summed E-state index contributed by atoms with van der Waals surface area (Å²) < 4.78 is 5.65. The molecule has 3 N–H and O–H groups in total. The maximum atomic E-state index is 11.9. The molecule has 0 aliphatic heterocycles. The van der Waals surface area contributed by atoms with Gasteiger partial charge in [-0.3, -0.25) is 4.79 Å². The lowest BCUT2D eigenvalue weighted by molar-refractivity contribution is -0.127. The summed E-state index contributed by atoms with van der Waals surface area (Å²) in [5, 5.41) is 2.89. The SMILES string of the molecule is CC(C)CCNC(=O)C(C)Oc1ccc(CC(C)N)cc1. The number of nitrogens with one attached hydrogen (secondary N) is 1. The van der Waals surface area contributed by atoms with E-state index in [0.29, 0.717) is 18.2 Å². The van der Waals surface area contributed by atoms with Crippen LogP contribution in [0.5, 0.6) is 5.75 Å². The number of carbonyl (C=O) groups is 1. The van der Waals surface area contributed by atoms with Crippen LogP contribution in [0.15, 0.2) is 24.3 Å². The number of ether oxygens (including phenoxy) is 1. The maximum Gasteiger partial charge on any atom is 0.260 e. The van der Waals surface area contributed by atoms with Gasteiger partial charge in [-0.1, -0.05) is 26.0 Å². The highest BCUT2D eigenvalue weighted by Crippen LogP contribution is 2.15. The summed E-state index contributed by atoms with van der Waals surface area (Å²) in [6, 6.07) is 7.89. The standard InChI is InChI=1S/C17H28N2O2/c1-12(2)9-10-19-17(20)14(4)21-16-7-5-15(6-8-16)11-13(3)18/h5-8,12-14H,9-11,18H2,1-4H3,(H,19,20). The first kappa shape index (κ1) is 17.5. The zero-order valence-electron chi connectivity index (χ0n) is 13.6. The van der Waals surface area contributed by atoms with Gasteiger partial charge >= 0.3 is 0 Å². The minimum Gasteiger partial charge on any atom is -0.481 e. The van der Waals surface area contributed by atoms with Gasteiger partial charge in [0.25, 0.3) is 5.91 Å². The highest BCUT2D eigenvalue weighted by Gasteiger charge is 2.14. The lowest BCUT2D eigenvalue weighted by Gasteiger charge is -2.15. The van der Waals surface area contributed by atoms with Crippen LogP contribution < -0.4 is 15.8 Å². The summed E-state index contributed by atoms with van der Waals surface area (Å²) in [4.78, 5) is 11.9. The third-order valence-corrected chi connectivity index (χ3v) is 3.18. The molecule has 4 nitrogen and oxygen atoms in total. The summed E-state index contributed by atoms with van der Waals surface area (Å²) >= 11 is 0. The number of amides is 1. The van der Waals surface area contributed by atoms with E-state index in [0.717, 1.165) is 12.8 Å². The molecular formula is C17H28N2O2. The topological polar surface area (TPSA) is 64.3 Å². The molecule has 1 aromatic carbocycles. The Hall–Kier alpha value is -1.55. The molecule has 0 radical (unpaired) electrons. The van der Waals surface area contributed by atoms with Crippen molar-refractivity contribution >= 4 is 5.91 Å². The number of nitrogens with two attached hydrogens (primary N) is 1. The smallest absolute Gasteiger partial charge is 0.260 e. The molecule has 0 heterocycles. The molecule has 0 aliphatic rings. The van der Waals surface area contributed by atoms with Crippen LogP contribution in [0, 0.1) is 5.92 Å². The van der Waals surface area contributed by atoms with Gasteiger partial charge in [-0.25, -0.2) is 0 Å². The van der Waals surface area contributed by atoms with Crippen LogP contribution in [0.1, 0.15) is 39.7 Å². The normalized spacial score (nSPS) is 13.8. The van der Waals surface area contributed by atoms with Gasteiger partial charge in [0.15, 0.2) is 6.10 Å². The molecule has 2 atom stereocenters. The fourth-order valence-corrected chi connectivity index (χ4v) is 1.96. The van der Waals surface area contributed by atoms with Gasteiger partial charge in [0, 0.05) is 12.6 Å². The van der Waals surface area contributed by atoms with Crippen molar-refractivity contribution in [2.24, 2.45) is 11.7 Å². The van der Waals surface area contributed by atoms with Gasteiger partial charge < -0.3 is 15.8 Å². The zero-order valence-corrected chi connectivity index (χ0v) is 13.6. The molecule has 0 spiro atoms. The van der Waals surface area contributed by atoms with E-state index in [1.165, 1.54) is 5.56 Å². The third kappa shape index (κ3) is 7.14. The molecular weight excluding hydrogens is 264 g/mol. The van der Waals surface area contributed by atoms with Crippen molar-refractivity contribution in [2.45, 2.75) is 52.7 Å². The third-order valence-electron chi connectivity index (χ3n) is 3.18. The molecule has 0 saturated carbocycles. The maximum absolute atomic E-state index is 11.9. The molecule has 2 unspecified atom stereocenters. The van der Waals surface area contributed by atoms with E-state index in [2.05, 4.69) is 19.2 Å². The second-order valence-corrected chi connectivity index (χ2v) is 6.06. The minimum absolute atomic E-state index is 0.0738. The van der Waals surface area contributed by atoms with Crippen molar-refractivity contribution < 1.29 is 9.53 Å². The average molecular weight is 292 g/mol. The Balaban J connectivity index is 2.43. The predicted octanol–water partition coefficient (Wildman–Crippen LogP) is 2.51. The van der Waals surface area contributed by atoms with E-state index in [9.17, 15) is 4.79 Å². The molecule has 0 bridgehead atoms. The predicted molar refractivity (Wildman–Crippen MR) is 86.4 cm³/mol. The molecule has 1 rings (SSSR count). The number of carbonyl (C=O) groups excluding carboxylic acids is 1. The fraction of sp³-hybridized carbons (Fsp3) is 0.588. The van der Waals surface area contributed by atoms with E-state index >= 15 is 0 Å². The number of hydrogen-bond acceptors (Lipinski definition) is 3. The van der Waals surface area contributed by atoms with Crippen LogP contribution in [-0.2, 0) is 11.2 Å². The molecule has 4 heteroatoms. The van der Waals surface area contributed by atoms with Gasteiger partial charge in [0.05, 0.1) is 0 Å². The monoisotopic (exact) mass is 292 g/mol. The Labute approximate surface area is 128 Å². The second-order valence-electron chi connectivity index (χ2n) is 6.06. The summed E-state index contributed by atoms with van der Waals surface area (Å²) in [5.41, 5.74) is 6.94. The van der Waals surface area contributed by atoms with Crippen LogP contribution in [0.2, 0.25) is 0 Å². The molecule has 0 aliphatic carbocycles. The Morgan fingerprint density at radius 1 is 1.19 bits per heavy atom. The Bertz CT molecular complexity index is 427. The molecule has 0 aromatic heterocycles. The van der Waals surface area contributed by atoms with Crippen LogP contribution in [0.25, 0.3) is 0 Å². The summed E-state index contributed by atoms with van der Waals surface area (Å²) in [6.07, 6.45) is 1.33. The molecule has 0 saturated heterocycles. The lowest BCUT2D eigenvalue weighted by Crippen LogP contribution is -2.37. The van der Waals surface area contributed by atoms with Crippen LogP contribution in [0.4, 0.5) is 0 Å².